The van der Waals surface area contributed by atoms with Crippen LogP contribution in [0.3, 0.4) is 0 Å². The fourth-order valence-corrected chi connectivity index (χ4v) is 3.43. The van der Waals surface area contributed by atoms with Crippen LogP contribution in [0.2, 0.25) is 0 Å². The summed E-state index contributed by atoms with van der Waals surface area (Å²) in [5, 5.41) is 0.932. The van der Waals surface area contributed by atoms with Crippen LogP contribution in [0.25, 0.3) is 22.1 Å². The number of rotatable bonds is 6. The predicted octanol–water partition coefficient (Wildman–Crippen LogP) is 5.99. The van der Waals surface area contributed by atoms with Gasteiger partial charge in [0.25, 0.3) is 0 Å². The van der Waals surface area contributed by atoms with Crippen LogP contribution in [-0.4, -0.2) is 0 Å². The highest BCUT2D eigenvalue weighted by atomic mass is 16.5. The van der Waals surface area contributed by atoms with Crippen LogP contribution in [0.4, 0.5) is 0 Å². The van der Waals surface area contributed by atoms with E-state index in [-0.39, 0.29) is 5.63 Å². The zero-order valence-electron chi connectivity index (χ0n) is 15.9. The summed E-state index contributed by atoms with van der Waals surface area (Å²) in [6.45, 7) is 2.63. The Hall–Kier alpha value is -3.33. The second-order valence-electron chi connectivity index (χ2n) is 6.83. The molecule has 1 aromatic heterocycles. The molecule has 0 amide bonds. The number of fused-ring (bicyclic) bond motifs is 1. The van der Waals surface area contributed by atoms with E-state index in [4.69, 9.17) is 9.15 Å². The lowest BCUT2D eigenvalue weighted by Crippen LogP contribution is -2.02. The fourth-order valence-electron chi connectivity index (χ4n) is 3.43. The van der Waals surface area contributed by atoms with Gasteiger partial charge >= 0.3 is 5.63 Å². The van der Waals surface area contributed by atoms with Crippen molar-refractivity contribution in [3.8, 4) is 16.9 Å². The van der Waals surface area contributed by atoms with E-state index in [2.05, 4.69) is 13.0 Å². The van der Waals surface area contributed by atoms with Gasteiger partial charge in [-0.1, -0.05) is 74.0 Å². The first-order valence-corrected chi connectivity index (χ1v) is 9.57. The van der Waals surface area contributed by atoms with Gasteiger partial charge in [0, 0.05) is 17.5 Å². The second-order valence-corrected chi connectivity index (χ2v) is 6.83. The first kappa shape index (κ1) is 18.1. The molecule has 140 valence electrons. The average molecular weight is 370 g/mol. The Morgan fingerprint density at radius 1 is 0.893 bits per heavy atom. The topological polar surface area (TPSA) is 39.4 Å². The average Bonchev–Trinajstić information content (AvgIpc) is 2.73. The van der Waals surface area contributed by atoms with Crippen LogP contribution in [0.15, 0.2) is 88.1 Å². The molecule has 1 heterocycles. The fraction of sp³-hybridized carbons (Fsp3) is 0.160. The van der Waals surface area contributed by atoms with Crippen molar-refractivity contribution in [3.63, 3.8) is 0 Å². The van der Waals surface area contributed by atoms with Gasteiger partial charge < -0.3 is 9.15 Å². The molecular weight excluding hydrogens is 348 g/mol. The molecule has 3 aromatic carbocycles. The zero-order valence-corrected chi connectivity index (χ0v) is 15.9. The van der Waals surface area contributed by atoms with E-state index in [1.807, 2.05) is 66.7 Å². The lowest BCUT2D eigenvalue weighted by molar-refractivity contribution is 0.302. The van der Waals surface area contributed by atoms with Gasteiger partial charge in [0.15, 0.2) is 0 Å². The molecule has 0 saturated heterocycles. The normalized spacial score (nSPS) is 10.9. The van der Waals surface area contributed by atoms with Crippen LogP contribution >= 0.6 is 0 Å². The van der Waals surface area contributed by atoms with Crippen molar-refractivity contribution in [1.29, 1.82) is 0 Å². The van der Waals surface area contributed by atoms with Gasteiger partial charge in [-0.3, -0.25) is 0 Å². The molecule has 0 unspecified atom stereocenters. The lowest BCUT2D eigenvalue weighted by Gasteiger charge is -2.14. The monoisotopic (exact) mass is 370 g/mol. The summed E-state index contributed by atoms with van der Waals surface area (Å²) < 4.78 is 11.6. The smallest absolute Gasteiger partial charge is 0.336 e. The minimum absolute atomic E-state index is 0.358. The number of aryl methyl sites for hydroxylation is 1. The van der Waals surface area contributed by atoms with E-state index in [0.29, 0.717) is 12.2 Å². The minimum Gasteiger partial charge on any atom is -0.488 e. The summed E-state index contributed by atoms with van der Waals surface area (Å²) in [5.74, 6) is 0.770. The molecule has 0 aliphatic carbocycles. The van der Waals surface area contributed by atoms with Gasteiger partial charge in [0.2, 0.25) is 0 Å². The van der Waals surface area contributed by atoms with Gasteiger partial charge in [0.1, 0.15) is 17.9 Å². The molecule has 0 fully saturated rings. The number of hydrogen-bond acceptors (Lipinski definition) is 3. The highest BCUT2D eigenvalue weighted by Gasteiger charge is 2.13. The number of ether oxygens (including phenoxy) is 1. The SMILES string of the molecule is CCCc1cc2c(-c3ccccc3)cc(=O)oc2cc1OCc1ccccc1. The van der Waals surface area contributed by atoms with Gasteiger partial charge in [-0.25, -0.2) is 4.79 Å². The Morgan fingerprint density at radius 3 is 2.32 bits per heavy atom. The molecule has 28 heavy (non-hydrogen) atoms. The Balaban J connectivity index is 1.80. The Labute approximate surface area is 164 Å². The van der Waals surface area contributed by atoms with Crippen LogP contribution in [-0.2, 0) is 13.0 Å². The molecule has 0 N–H and O–H groups in total. The third-order valence-corrected chi connectivity index (χ3v) is 4.77. The summed E-state index contributed by atoms with van der Waals surface area (Å²) in [4.78, 5) is 12.2. The summed E-state index contributed by atoms with van der Waals surface area (Å²) in [6, 6.07) is 25.5. The van der Waals surface area contributed by atoms with Crippen molar-refractivity contribution in [1.82, 2.24) is 0 Å². The largest absolute Gasteiger partial charge is 0.488 e. The van der Waals surface area contributed by atoms with Gasteiger partial charge in [0.05, 0.1) is 0 Å². The molecule has 0 spiro atoms. The number of benzene rings is 3. The summed E-state index contributed by atoms with van der Waals surface area (Å²) in [6.07, 6.45) is 1.90. The van der Waals surface area contributed by atoms with Crippen LogP contribution in [0, 0.1) is 0 Å². The maximum atomic E-state index is 12.2. The molecule has 0 radical (unpaired) electrons. The van der Waals surface area contributed by atoms with Crippen molar-refractivity contribution in [2.24, 2.45) is 0 Å². The number of hydrogen-bond donors (Lipinski definition) is 0. The Kier molecular flexibility index (Phi) is 5.24. The molecule has 0 bridgehead atoms. The van der Waals surface area contributed by atoms with Crippen molar-refractivity contribution in [3.05, 3.63) is 100 Å². The molecule has 0 aliphatic rings. The van der Waals surface area contributed by atoms with Crippen molar-refractivity contribution < 1.29 is 9.15 Å². The molecule has 4 aromatic rings. The summed E-state index contributed by atoms with van der Waals surface area (Å²) in [7, 11) is 0. The molecule has 0 aliphatic heterocycles. The Bertz CT molecular complexity index is 1130. The predicted molar refractivity (Wildman–Crippen MR) is 113 cm³/mol. The maximum absolute atomic E-state index is 12.2. The molecule has 0 atom stereocenters. The van der Waals surface area contributed by atoms with E-state index >= 15 is 0 Å². The standard InChI is InChI=1S/C25H22O3/c1-2-9-20-14-22-21(19-12-7-4-8-13-19)15-25(26)28-24(22)16-23(20)27-17-18-10-5-3-6-11-18/h3-8,10-16H,2,9,17H2,1H3. The molecule has 0 saturated carbocycles. The first-order valence-electron chi connectivity index (χ1n) is 9.57. The van der Waals surface area contributed by atoms with Crippen LogP contribution in [0.5, 0.6) is 5.75 Å². The molecular formula is C25H22O3. The van der Waals surface area contributed by atoms with Crippen LogP contribution in [0.1, 0.15) is 24.5 Å². The highest BCUT2D eigenvalue weighted by Crippen LogP contribution is 2.33. The minimum atomic E-state index is -0.358. The van der Waals surface area contributed by atoms with Gasteiger partial charge in [-0.05, 0) is 34.7 Å². The quantitative estimate of drug-likeness (QED) is 0.391. The van der Waals surface area contributed by atoms with Gasteiger partial charge in [-0.15, -0.1) is 0 Å². The van der Waals surface area contributed by atoms with E-state index < -0.39 is 0 Å². The lowest BCUT2D eigenvalue weighted by atomic mass is 9.98. The summed E-state index contributed by atoms with van der Waals surface area (Å²) in [5.41, 5.74) is 4.30. The molecule has 4 rings (SSSR count). The zero-order chi connectivity index (χ0) is 19.3. The van der Waals surface area contributed by atoms with Crippen molar-refractivity contribution >= 4 is 11.0 Å². The van der Waals surface area contributed by atoms with Gasteiger partial charge in [-0.2, -0.15) is 0 Å². The van der Waals surface area contributed by atoms with Crippen LogP contribution < -0.4 is 10.4 Å². The van der Waals surface area contributed by atoms with Crippen molar-refractivity contribution in [2.45, 2.75) is 26.4 Å². The van der Waals surface area contributed by atoms with E-state index in [1.165, 1.54) is 0 Å². The second kappa shape index (κ2) is 8.13. The molecule has 3 heteroatoms. The Morgan fingerprint density at radius 2 is 1.61 bits per heavy atom. The maximum Gasteiger partial charge on any atom is 0.336 e. The van der Waals surface area contributed by atoms with E-state index in [1.54, 1.807) is 6.07 Å². The summed E-state index contributed by atoms with van der Waals surface area (Å²) >= 11 is 0. The molecule has 3 nitrogen and oxygen atoms in total. The van der Waals surface area contributed by atoms with E-state index in [0.717, 1.165) is 46.2 Å². The highest BCUT2D eigenvalue weighted by molar-refractivity contribution is 5.94. The van der Waals surface area contributed by atoms with Crippen molar-refractivity contribution in [2.75, 3.05) is 0 Å². The third kappa shape index (κ3) is 3.84. The van der Waals surface area contributed by atoms with E-state index in [9.17, 15) is 4.79 Å². The first-order chi connectivity index (χ1) is 13.7. The third-order valence-electron chi connectivity index (χ3n) is 4.77.